The van der Waals surface area contributed by atoms with Crippen LogP contribution >= 0.6 is 11.6 Å². The molecule has 0 bridgehead atoms. The first-order valence-electron chi connectivity index (χ1n) is 6.44. The Kier molecular flexibility index (Phi) is 4.56. The number of aromatic nitrogens is 1. The van der Waals surface area contributed by atoms with Crippen molar-refractivity contribution in [2.45, 2.75) is 32.3 Å². The molecule has 0 aliphatic rings. The summed E-state index contributed by atoms with van der Waals surface area (Å²) in [6.07, 6.45) is 3.25. The van der Waals surface area contributed by atoms with E-state index in [0.717, 1.165) is 11.1 Å². The van der Waals surface area contributed by atoms with Crippen molar-refractivity contribution in [3.63, 3.8) is 0 Å². The smallest absolute Gasteiger partial charge is 0.0830 e. The van der Waals surface area contributed by atoms with E-state index in [0.29, 0.717) is 17.4 Å². The van der Waals surface area contributed by atoms with E-state index < -0.39 is 6.10 Å². The van der Waals surface area contributed by atoms with E-state index in [2.05, 4.69) is 31.0 Å². The average molecular weight is 276 g/mol. The number of hydrogen-bond acceptors (Lipinski definition) is 2. The van der Waals surface area contributed by atoms with Crippen LogP contribution in [-0.4, -0.2) is 10.1 Å². The normalized spacial score (nSPS) is 12.7. The van der Waals surface area contributed by atoms with Gasteiger partial charge in [0.25, 0.3) is 0 Å². The molecule has 0 aliphatic heterocycles. The summed E-state index contributed by atoms with van der Waals surface area (Å²) >= 11 is 6.05. The Bertz CT molecular complexity index is 537. The standard InChI is InChI=1S/C16H18ClNO/c1-11(2)12-3-5-13(6-4-12)16(19)9-14-7-8-18-10-15(14)17/h3-8,10-11,16,19H,9H2,1-2H3. The molecular formula is C16H18ClNO. The predicted octanol–water partition coefficient (Wildman–Crippen LogP) is 4.13. The van der Waals surface area contributed by atoms with Gasteiger partial charge in [-0.1, -0.05) is 49.7 Å². The fraction of sp³-hybridized carbons (Fsp3) is 0.312. The Balaban J connectivity index is 2.12. The molecule has 0 amide bonds. The van der Waals surface area contributed by atoms with E-state index in [1.165, 1.54) is 5.56 Å². The highest BCUT2D eigenvalue weighted by atomic mass is 35.5. The van der Waals surface area contributed by atoms with E-state index in [1.54, 1.807) is 12.4 Å². The van der Waals surface area contributed by atoms with Crippen molar-refractivity contribution >= 4 is 11.6 Å². The molecular weight excluding hydrogens is 258 g/mol. The summed E-state index contributed by atoms with van der Waals surface area (Å²) in [6, 6.07) is 9.94. The van der Waals surface area contributed by atoms with Crippen molar-refractivity contribution in [2.75, 3.05) is 0 Å². The number of halogens is 1. The number of nitrogens with zero attached hydrogens (tertiary/aromatic N) is 1. The fourth-order valence-electron chi connectivity index (χ4n) is 2.00. The van der Waals surface area contributed by atoms with Gasteiger partial charge >= 0.3 is 0 Å². The van der Waals surface area contributed by atoms with Crippen LogP contribution < -0.4 is 0 Å². The van der Waals surface area contributed by atoms with Gasteiger partial charge in [0, 0.05) is 18.8 Å². The van der Waals surface area contributed by atoms with Gasteiger partial charge in [-0.05, 0) is 28.7 Å². The molecule has 1 N–H and O–H groups in total. The Labute approximate surface area is 119 Å². The molecule has 0 saturated carbocycles. The maximum absolute atomic E-state index is 10.2. The lowest BCUT2D eigenvalue weighted by molar-refractivity contribution is 0.178. The topological polar surface area (TPSA) is 33.1 Å². The fourth-order valence-corrected chi connectivity index (χ4v) is 2.20. The van der Waals surface area contributed by atoms with E-state index in [-0.39, 0.29) is 0 Å². The van der Waals surface area contributed by atoms with Crippen LogP contribution in [0.5, 0.6) is 0 Å². The zero-order valence-corrected chi connectivity index (χ0v) is 11.9. The van der Waals surface area contributed by atoms with Crippen molar-refractivity contribution in [3.8, 4) is 0 Å². The Morgan fingerprint density at radius 1 is 1.11 bits per heavy atom. The maximum Gasteiger partial charge on any atom is 0.0830 e. The van der Waals surface area contributed by atoms with Crippen LogP contribution in [-0.2, 0) is 6.42 Å². The third-order valence-electron chi connectivity index (χ3n) is 3.26. The van der Waals surface area contributed by atoms with Gasteiger partial charge in [-0.25, -0.2) is 0 Å². The van der Waals surface area contributed by atoms with Gasteiger partial charge in [0.2, 0.25) is 0 Å². The van der Waals surface area contributed by atoms with E-state index >= 15 is 0 Å². The quantitative estimate of drug-likeness (QED) is 0.910. The highest BCUT2D eigenvalue weighted by molar-refractivity contribution is 6.31. The van der Waals surface area contributed by atoms with E-state index in [9.17, 15) is 5.11 Å². The van der Waals surface area contributed by atoms with Gasteiger partial charge in [-0.15, -0.1) is 0 Å². The summed E-state index contributed by atoms with van der Waals surface area (Å²) in [5, 5.41) is 10.8. The summed E-state index contributed by atoms with van der Waals surface area (Å²) in [6.45, 7) is 4.31. The molecule has 1 heterocycles. The van der Waals surface area contributed by atoms with Crippen LogP contribution in [0.25, 0.3) is 0 Å². The van der Waals surface area contributed by atoms with Crippen molar-refractivity contribution in [2.24, 2.45) is 0 Å². The minimum Gasteiger partial charge on any atom is -0.388 e. The van der Waals surface area contributed by atoms with E-state index in [1.807, 2.05) is 18.2 Å². The second-order valence-corrected chi connectivity index (χ2v) is 5.42. The molecule has 1 atom stereocenters. The van der Waals surface area contributed by atoms with Gasteiger partial charge in [0.1, 0.15) is 0 Å². The first kappa shape index (κ1) is 14.0. The zero-order chi connectivity index (χ0) is 13.8. The molecule has 100 valence electrons. The molecule has 1 aromatic carbocycles. The molecule has 3 heteroatoms. The number of hydrogen-bond donors (Lipinski definition) is 1. The van der Waals surface area contributed by atoms with Gasteiger partial charge in [0.05, 0.1) is 11.1 Å². The lowest BCUT2D eigenvalue weighted by Crippen LogP contribution is -2.03. The van der Waals surface area contributed by atoms with Gasteiger partial charge in [-0.3, -0.25) is 4.98 Å². The molecule has 0 aliphatic carbocycles. The number of aliphatic hydroxyl groups is 1. The molecule has 0 fully saturated rings. The minimum absolute atomic E-state index is 0.501. The Morgan fingerprint density at radius 2 is 1.74 bits per heavy atom. The SMILES string of the molecule is CC(C)c1ccc(C(O)Cc2ccncc2Cl)cc1. The molecule has 1 aromatic heterocycles. The van der Waals surface area contributed by atoms with Crippen molar-refractivity contribution in [3.05, 3.63) is 64.4 Å². The number of pyridine rings is 1. The monoisotopic (exact) mass is 275 g/mol. The lowest BCUT2D eigenvalue weighted by atomic mass is 9.97. The van der Waals surface area contributed by atoms with Crippen LogP contribution in [0.3, 0.4) is 0 Å². The zero-order valence-electron chi connectivity index (χ0n) is 11.2. The van der Waals surface area contributed by atoms with Crippen LogP contribution in [0, 0.1) is 0 Å². The van der Waals surface area contributed by atoms with Crippen LogP contribution in [0.2, 0.25) is 5.02 Å². The van der Waals surface area contributed by atoms with Crippen molar-refractivity contribution < 1.29 is 5.11 Å². The lowest BCUT2D eigenvalue weighted by Gasteiger charge is -2.13. The van der Waals surface area contributed by atoms with Crippen molar-refractivity contribution in [1.82, 2.24) is 4.98 Å². The Morgan fingerprint density at radius 3 is 2.32 bits per heavy atom. The third-order valence-corrected chi connectivity index (χ3v) is 3.60. The minimum atomic E-state index is -0.541. The van der Waals surface area contributed by atoms with Crippen LogP contribution in [0.1, 0.15) is 42.6 Å². The predicted molar refractivity (Wildman–Crippen MR) is 78.4 cm³/mol. The first-order chi connectivity index (χ1) is 9.08. The second-order valence-electron chi connectivity index (χ2n) is 5.01. The first-order valence-corrected chi connectivity index (χ1v) is 6.82. The number of rotatable bonds is 4. The number of benzene rings is 1. The molecule has 1 unspecified atom stereocenters. The maximum atomic E-state index is 10.2. The summed E-state index contributed by atoms with van der Waals surface area (Å²) < 4.78 is 0. The van der Waals surface area contributed by atoms with Crippen molar-refractivity contribution in [1.29, 1.82) is 0 Å². The molecule has 2 rings (SSSR count). The Hall–Kier alpha value is -1.38. The molecule has 0 saturated heterocycles. The van der Waals surface area contributed by atoms with Gasteiger partial charge < -0.3 is 5.11 Å². The summed E-state index contributed by atoms with van der Waals surface area (Å²) in [7, 11) is 0. The molecule has 0 radical (unpaired) electrons. The summed E-state index contributed by atoms with van der Waals surface area (Å²) in [4.78, 5) is 3.94. The van der Waals surface area contributed by atoms with Gasteiger partial charge in [-0.2, -0.15) is 0 Å². The van der Waals surface area contributed by atoms with E-state index in [4.69, 9.17) is 11.6 Å². The summed E-state index contributed by atoms with van der Waals surface area (Å²) in [5.74, 6) is 0.501. The third kappa shape index (κ3) is 3.55. The molecule has 2 aromatic rings. The number of aliphatic hydroxyl groups excluding tert-OH is 1. The molecule has 2 nitrogen and oxygen atoms in total. The van der Waals surface area contributed by atoms with Crippen LogP contribution in [0.4, 0.5) is 0 Å². The summed E-state index contributed by atoms with van der Waals surface area (Å²) in [5.41, 5.74) is 3.10. The van der Waals surface area contributed by atoms with Gasteiger partial charge in [0.15, 0.2) is 0 Å². The molecule has 0 spiro atoms. The van der Waals surface area contributed by atoms with Crippen LogP contribution in [0.15, 0.2) is 42.7 Å². The average Bonchev–Trinajstić information content (AvgIpc) is 2.41. The second kappa shape index (κ2) is 6.18. The molecule has 19 heavy (non-hydrogen) atoms. The highest BCUT2D eigenvalue weighted by Gasteiger charge is 2.11. The largest absolute Gasteiger partial charge is 0.388 e. The highest BCUT2D eigenvalue weighted by Crippen LogP contribution is 2.24.